The number of carbonyl (C=O) groups excluding carboxylic acids is 1. The highest BCUT2D eigenvalue weighted by Gasteiger charge is 2.09. The molecule has 0 saturated carbocycles. The molecule has 0 aromatic heterocycles. The first-order valence-corrected chi connectivity index (χ1v) is 8.38. The third kappa shape index (κ3) is 6.11. The van der Waals surface area contributed by atoms with Gasteiger partial charge >= 0.3 is 5.97 Å². The van der Waals surface area contributed by atoms with Crippen molar-refractivity contribution in [2.75, 3.05) is 7.11 Å². The van der Waals surface area contributed by atoms with Gasteiger partial charge in [0.1, 0.15) is 0 Å². The van der Waals surface area contributed by atoms with Gasteiger partial charge in [0.05, 0.1) is 12.0 Å². The molecule has 2 rings (SSSR count). The zero-order chi connectivity index (χ0) is 19.8. The first kappa shape index (κ1) is 19.9. The standard InChI is InChI=1S/C21H21NO5/c1-15(2)18-8-4-16(5-9-18)7-11-21(23)27-19-10-6-17(12-13-22(24)25)14-20(19)26-3/h4-15H,1-3H3/b11-7+,13-12+. The molecule has 0 unspecified atom stereocenters. The Morgan fingerprint density at radius 3 is 2.30 bits per heavy atom. The lowest BCUT2D eigenvalue weighted by molar-refractivity contribution is -0.400. The van der Waals surface area contributed by atoms with Crippen molar-refractivity contribution in [3.8, 4) is 11.5 Å². The number of benzene rings is 2. The second kappa shape index (κ2) is 9.33. The van der Waals surface area contributed by atoms with E-state index in [1.54, 1.807) is 18.2 Å². The second-order valence-electron chi connectivity index (χ2n) is 6.09. The maximum atomic E-state index is 12.1. The monoisotopic (exact) mass is 367 g/mol. The van der Waals surface area contributed by atoms with E-state index >= 15 is 0 Å². The number of hydrogen-bond donors (Lipinski definition) is 0. The van der Waals surface area contributed by atoms with Crippen molar-refractivity contribution in [2.45, 2.75) is 19.8 Å². The zero-order valence-electron chi connectivity index (χ0n) is 15.4. The Bertz CT molecular complexity index is 867. The molecule has 0 N–H and O–H groups in total. The average molecular weight is 367 g/mol. The number of nitrogens with zero attached hydrogens (tertiary/aromatic N) is 1. The average Bonchev–Trinajstić information content (AvgIpc) is 2.65. The number of rotatable bonds is 7. The van der Waals surface area contributed by atoms with E-state index in [0.29, 0.717) is 17.2 Å². The summed E-state index contributed by atoms with van der Waals surface area (Å²) in [6, 6.07) is 12.6. The van der Waals surface area contributed by atoms with E-state index in [1.165, 1.54) is 30.9 Å². The van der Waals surface area contributed by atoms with Gasteiger partial charge in [0.15, 0.2) is 11.5 Å². The van der Waals surface area contributed by atoms with Crippen LogP contribution in [0.2, 0.25) is 0 Å². The molecule has 0 amide bonds. The molecule has 0 bridgehead atoms. The van der Waals surface area contributed by atoms with E-state index in [2.05, 4.69) is 13.8 Å². The Labute approximate surface area is 157 Å². The van der Waals surface area contributed by atoms with Crippen molar-refractivity contribution in [3.63, 3.8) is 0 Å². The molecule has 0 radical (unpaired) electrons. The van der Waals surface area contributed by atoms with Crippen LogP contribution >= 0.6 is 0 Å². The van der Waals surface area contributed by atoms with Gasteiger partial charge in [-0.15, -0.1) is 0 Å². The van der Waals surface area contributed by atoms with Crippen LogP contribution < -0.4 is 9.47 Å². The van der Waals surface area contributed by atoms with Crippen LogP contribution in [-0.4, -0.2) is 18.0 Å². The van der Waals surface area contributed by atoms with E-state index in [0.717, 1.165) is 11.8 Å². The second-order valence-corrected chi connectivity index (χ2v) is 6.09. The van der Waals surface area contributed by atoms with Crippen molar-refractivity contribution >= 4 is 18.1 Å². The normalized spacial score (nSPS) is 11.3. The fraction of sp³-hybridized carbons (Fsp3) is 0.190. The highest BCUT2D eigenvalue weighted by molar-refractivity contribution is 5.89. The molecule has 27 heavy (non-hydrogen) atoms. The molecule has 0 spiro atoms. The van der Waals surface area contributed by atoms with Gasteiger partial charge in [-0.2, -0.15) is 0 Å². The highest BCUT2D eigenvalue weighted by Crippen LogP contribution is 2.29. The lowest BCUT2D eigenvalue weighted by atomic mass is 10.0. The van der Waals surface area contributed by atoms with Crippen LogP contribution in [0.4, 0.5) is 0 Å². The highest BCUT2D eigenvalue weighted by atomic mass is 16.6. The molecule has 0 saturated heterocycles. The number of carbonyl (C=O) groups is 1. The molecule has 0 fully saturated rings. The molecule has 0 heterocycles. The number of methoxy groups -OCH3 is 1. The third-order valence-corrected chi connectivity index (χ3v) is 3.80. The minimum atomic E-state index is -0.557. The van der Waals surface area contributed by atoms with Crippen LogP contribution in [0.3, 0.4) is 0 Å². The predicted octanol–water partition coefficient (Wildman–Crippen LogP) is 4.68. The quantitative estimate of drug-likeness (QED) is 0.233. The molecular weight excluding hydrogens is 346 g/mol. The van der Waals surface area contributed by atoms with Gasteiger partial charge < -0.3 is 9.47 Å². The minimum absolute atomic E-state index is 0.237. The smallest absolute Gasteiger partial charge is 0.336 e. The summed E-state index contributed by atoms with van der Waals surface area (Å²) in [5.74, 6) is 0.447. The summed E-state index contributed by atoms with van der Waals surface area (Å²) < 4.78 is 10.5. The first-order valence-electron chi connectivity index (χ1n) is 8.38. The molecule has 0 atom stereocenters. The van der Waals surface area contributed by atoms with Crippen LogP contribution in [0.5, 0.6) is 11.5 Å². The largest absolute Gasteiger partial charge is 0.493 e. The number of hydrogen-bond acceptors (Lipinski definition) is 5. The lowest BCUT2D eigenvalue weighted by Gasteiger charge is -2.08. The fourth-order valence-electron chi connectivity index (χ4n) is 2.32. The molecular formula is C21H21NO5. The van der Waals surface area contributed by atoms with Crippen LogP contribution in [0.1, 0.15) is 36.5 Å². The number of ether oxygens (including phenoxy) is 2. The Balaban J connectivity index is 2.07. The summed E-state index contributed by atoms with van der Waals surface area (Å²) in [6.45, 7) is 4.24. The van der Waals surface area contributed by atoms with Gasteiger partial charge in [-0.05, 0) is 40.8 Å². The van der Waals surface area contributed by atoms with Crippen LogP contribution in [0.15, 0.2) is 54.7 Å². The zero-order valence-corrected chi connectivity index (χ0v) is 15.4. The van der Waals surface area contributed by atoms with Crippen molar-refractivity contribution in [1.82, 2.24) is 0 Å². The van der Waals surface area contributed by atoms with Gasteiger partial charge in [0, 0.05) is 12.2 Å². The van der Waals surface area contributed by atoms with Crippen LogP contribution in [-0.2, 0) is 4.79 Å². The molecule has 6 nitrogen and oxygen atoms in total. The van der Waals surface area contributed by atoms with Crippen molar-refractivity contribution in [3.05, 3.63) is 81.5 Å². The Hall–Kier alpha value is -3.41. The summed E-state index contributed by atoms with van der Waals surface area (Å²) in [5.41, 5.74) is 2.68. The third-order valence-electron chi connectivity index (χ3n) is 3.80. The maximum absolute atomic E-state index is 12.1. The number of nitro groups is 1. The lowest BCUT2D eigenvalue weighted by Crippen LogP contribution is -2.05. The Morgan fingerprint density at radius 2 is 1.70 bits per heavy atom. The van der Waals surface area contributed by atoms with Crippen LogP contribution in [0, 0.1) is 10.1 Å². The maximum Gasteiger partial charge on any atom is 0.336 e. The van der Waals surface area contributed by atoms with E-state index in [4.69, 9.17) is 9.47 Å². The molecule has 140 valence electrons. The summed E-state index contributed by atoms with van der Waals surface area (Å²) in [6.07, 6.45) is 5.17. The summed E-state index contributed by atoms with van der Waals surface area (Å²) >= 11 is 0. The first-order chi connectivity index (χ1) is 12.9. The molecule has 0 aliphatic heterocycles. The van der Waals surface area contributed by atoms with E-state index in [1.807, 2.05) is 24.3 Å². The van der Waals surface area contributed by atoms with Gasteiger partial charge in [-0.3, -0.25) is 10.1 Å². The Kier molecular flexibility index (Phi) is 6.88. The molecule has 0 aliphatic rings. The molecule has 2 aromatic carbocycles. The van der Waals surface area contributed by atoms with Crippen LogP contribution in [0.25, 0.3) is 12.2 Å². The van der Waals surface area contributed by atoms with E-state index < -0.39 is 10.9 Å². The van der Waals surface area contributed by atoms with Gasteiger partial charge in [-0.1, -0.05) is 44.2 Å². The van der Waals surface area contributed by atoms with Crippen molar-refractivity contribution in [1.29, 1.82) is 0 Å². The van der Waals surface area contributed by atoms with Gasteiger partial charge in [0.2, 0.25) is 6.20 Å². The van der Waals surface area contributed by atoms with Crippen molar-refractivity contribution in [2.24, 2.45) is 0 Å². The predicted molar refractivity (Wildman–Crippen MR) is 104 cm³/mol. The fourth-order valence-corrected chi connectivity index (χ4v) is 2.32. The summed E-state index contributed by atoms with van der Waals surface area (Å²) in [4.78, 5) is 21.9. The van der Waals surface area contributed by atoms with Gasteiger partial charge in [-0.25, -0.2) is 4.79 Å². The van der Waals surface area contributed by atoms with E-state index in [9.17, 15) is 14.9 Å². The Morgan fingerprint density at radius 1 is 1.04 bits per heavy atom. The summed E-state index contributed by atoms with van der Waals surface area (Å²) in [5, 5.41) is 10.4. The molecule has 6 heteroatoms. The minimum Gasteiger partial charge on any atom is -0.493 e. The van der Waals surface area contributed by atoms with Gasteiger partial charge in [0.25, 0.3) is 0 Å². The number of esters is 1. The van der Waals surface area contributed by atoms with Crippen molar-refractivity contribution < 1.29 is 19.2 Å². The topological polar surface area (TPSA) is 78.7 Å². The van der Waals surface area contributed by atoms with E-state index in [-0.39, 0.29) is 5.75 Å². The molecule has 2 aromatic rings. The molecule has 0 aliphatic carbocycles. The summed E-state index contributed by atoms with van der Waals surface area (Å²) in [7, 11) is 1.43. The SMILES string of the molecule is COc1cc(/C=C/[N+](=O)[O-])ccc1OC(=O)/C=C/c1ccc(C(C)C)cc1.